The molecule has 0 aromatic carbocycles. The predicted octanol–water partition coefficient (Wildman–Crippen LogP) is 0.0838. The quantitative estimate of drug-likeness (QED) is 0.680. The molecule has 2 aromatic rings. The van der Waals surface area contributed by atoms with E-state index in [1.807, 2.05) is 12.1 Å². The zero-order chi connectivity index (χ0) is 9.10. The third-order valence-corrected chi connectivity index (χ3v) is 1.67. The summed E-state index contributed by atoms with van der Waals surface area (Å²) in [5.41, 5.74) is 0.793. The molecule has 0 spiro atoms. The molecule has 0 fully saturated rings. The second kappa shape index (κ2) is 3.22. The van der Waals surface area contributed by atoms with Crippen molar-refractivity contribution in [2.45, 2.75) is 6.42 Å². The normalized spacial score (nSPS) is 10.2. The summed E-state index contributed by atoms with van der Waals surface area (Å²) in [6.07, 6.45) is 4.03. The van der Waals surface area contributed by atoms with Crippen molar-refractivity contribution in [1.82, 2.24) is 20.2 Å². The number of nitrogens with zero attached hydrogens (tertiary/aromatic N) is 2. The smallest absolute Gasteiger partial charge is 0.293 e. The van der Waals surface area contributed by atoms with Crippen LogP contribution in [0.4, 0.5) is 0 Å². The zero-order valence-electron chi connectivity index (χ0n) is 6.82. The maximum Gasteiger partial charge on any atom is 0.340 e. The molecule has 13 heavy (non-hydrogen) atoms. The Bertz CT molecular complexity index is 431. The van der Waals surface area contributed by atoms with Crippen molar-refractivity contribution < 1.29 is 0 Å². The minimum Gasteiger partial charge on any atom is -0.293 e. The molecule has 5 heteroatoms. The van der Waals surface area contributed by atoms with Crippen LogP contribution < -0.4 is 5.69 Å². The summed E-state index contributed by atoms with van der Waals surface area (Å²) in [4.78, 5) is 17.2. The molecule has 2 N–H and O–H groups in total. The van der Waals surface area contributed by atoms with Crippen LogP contribution in [-0.4, -0.2) is 20.2 Å². The van der Waals surface area contributed by atoms with E-state index in [0.29, 0.717) is 12.2 Å². The number of H-pyrrole nitrogens is 2. The topological polar surface area (TPSA) is 74.4 Å². The SMILES string of the molecule is O=c1[nH]nc(Cc2ccncc2)[nH]1. The highest BCUT2D eigenvalue weighted by Crippen LogP contribution is 2.00. The van der Waals surface area contributed by atoms with Gasteiger partial charge in [0.2, 0.25) is 0 Å². The van der Waals surface area contributed by atoms with Crippen molar-refractivity contribution >= 4 is 0 Å². The van der Waals surface area contributed by atoms with Crippen LogP contribution in [0.2, 0.25) is 0 Å². The lowest BCUT2D eigenvalue weighted by Gasteiger charge is -1.94. The summed E-state index contributed by atoms with van der Waals surface area (Å²) in [7, 11) is 0. The van der Waals surface area contributed by atoms with Gasteiger partial charge in [-0.25, -0.2) is 9.89 Å². The Morgan fingerprint density at radius 3 is 2.69 bits per heavy atom. The number of aromatic amines is 2. The van der Waals surface area contributed by atoms with Crippen LogP contribution in [0.5, 0.6) is 0 Å². The van der Waals surface area contributed by atoms with Gasteiger partial charge in [0.15, 0.2) is 0 Å². The van der Waals surface area contributed by atoms with E-state index < -0.39 is 0 Å². The maximum absolute atomic E-state index is 10.7. The molecule has 0 radical (unpaired) electrons. The first kappa shape index (κ1) is 7.72. The first-order chi connectivity index (χ1) is 6.34. The molecule has 0 unspecified atom stereocenters. The molecule has 0 aliphatic rings. The maximum atomic E-state index is 10.7. The zero-order valence-corrected chi connectivity index (χ0v) is 6.82. The Morgan fingerprint density at radius 1 is 1.31 bits per heavy atom. The number of rotatable bonds is 2. The molecular formula is C8H8N4O. The van der Waals surface area contributed by atoms with Gasteiger partial charge < -0.3 is 0 Å². The Balaban J connectivity index is 2.20. The van der Waals surface area contributed by atoms with E-state index in [9.17, 15) is 4.79 Å². The number of pyridine rings is 1. The first-order valence-corrected chi connectivity index (χ1v) is 3.87. The summed E-state index contributed by atoms with van der Waals surface area (Å²) in [5.74, 6) is 0.635. The second-order valence-corrected chi connectivity index (χ2v) is 2.66. The molecule has 0 saturated carbocycles. The van der Waals surface area contributed by atoms with Crippen molar-refractivity contribution in [3.63, 3.8) is 0 Å². The number of hydrogen-bond acceptors (Lipinski definition) is 3. The summed E-state index contributed by atoms with van der Waals surface area (Å²) < 4.78 is 0. The lowest BCUT2D eigenvalue weighted by molar-refractivity contribution is 0.967. The van der Waals surface area contributed by atoms with Gasteiger partial charge in [0, 0.05) is 18.8 Å². The summed E-state index contributed by atoms with van der Waals surface area (Å²) in [6, 6.07) is 3.76. The molecule has 0 aliphatic carbocycles. The van der Waals surface area contributed by atoms with Gasteiger partial charge in [-0.2, -0.15) is 5.10 Å². The highest BCUT2D eigenvalue weighted by Gasteiger charge is 1.98. The fourth-order valence-corrected chi connectivity index (χ4v) is 1.08. The molecule has 0 bridgehead atoms. The predicted molar refractivity (Wildman–Crippen MR) is 46.3 cm³/mol. The van der Waals surface area contributed by atoms with Crippen LogP contribution in [-0.2, 0) is 6.42 Å². The minimum atomic E-state index is -0.274. The fourth-order valence-electron chi connectivity index (χ4n) is 1.08. The average Bonchev–Trinajstić information content (AvgIpc) is 2.53. The first-order valence-electron chi connectivity index (χ1n) is 3.87. The highest BCUT2D eigenvalue weighted by atomic mass is 16.1. The highest BCUT2D eigenvalue weighted by molar-refractivity contribution is 5.14. The Labute approximate surface area is 73.9 Å². The molecular weight excluding hydrogens is 168 g/mol. The molecule has 0 amide bonds. The average molecular weight is 176 g/mol. The van der Waals surface area contributed by atoms with Crippen LogP contribution in [0.15, 0.2) is 29.3 Å². The lowest BCUT2D eigenvalue weighted by atomic mass is 10.2. The van der Waals surface area contributed by atoms with Crippen molar-refractivity contribution in [1.29, 1.82) is 0 Å². The van der Waals surface area contributed by atoms with Gasteiger partial charge in [-0.15, -0.1) is 0 Å². The van der Waals surface area contributed by atoms with E-state index in [4.69, 9.17) is 0 Å². The third kappa shape index (κ3) is 1.81. The molecule has 66 valence electrons. The van der Waals surface area contributed by atoms with Crippen LogP contribution in [0.3, 0.4) is 0 Å². The van der Waals surface area contributed by atoms with E-state index in [1.165, 1.54) is 0 Å². The van der Waals surface area contributed by atoms with Gasteiger partial charge in [0.25, 0.3) is 0 Å². The number of aromatic nitrogens is 4. The standard InChI is InChI=1S/C8H8N4O/c13-8-10-7(11-12-8)5-6-1-3-9-4-2-6/h1-4H,5H2,(H2,10,11,12,13). The summed E-state index contributed by atoms with van der Waals surface area (Å²) >= 11 is 0. The van der Waals surface area contributed by atoms with Gasteiger partial charge in [0.05, 0.1) is 0 Å². The third-order valence-electron chi connectivity index (χ3n) is 1.67. The van der Waals surface area contributed by atoms with Gasteiger partial charge in [0.1, 0.15) is 5.82 Å². The summed E-state index contributed by atoms with van der Waals surface area (Å²) in [5, 5.41) is 6.11. The molecule has 2 aromatic heterocycles. The minimum absolute atomic E-state index is 0.274. The van der Waals surface area contributed by atoms with Crippen LogP contribution in [0, 0.1) is 0 Å². The van der Waals surface area contributed by atoms with Gasteiger partial charge in [-0.1, -0.05) is 0 Å². The molecule has 0 saturated heterocycles. The molecule has 0 atom stereocenters. The van der Waals surface area contributed by atoms with Gasteiger partial charge >= 0.3 is 5.69 Å². The molecule has 5 nitrogen and oxygen atoms in total. The lowest BCUT2D eigenvalue weighted by Crippen LogP contribution is -2.01. The van der Waals surface area contributed by atoms with Crippen molar-refractivity contribution in [2.75, 3.05) is 0 Å². The van der Waals surface area contributed by atoms with Crippen molar-refractivity contribution in [2.24, 2.45) is 0 Å². The Morgan fingerprint density at radius 2 is 2.08 bits per heavy atom. The van der Waals surface area contributed by atoms with Crippen molar-refractivity contribution in [3.8, 4) is 0 Å². The molecule has 2 rings (SSSR count). The number of hydrogen-bond donors (Lipinski definition) is 2. The molecule has 2 heterocycles. The van der Waals surface area contributed by atoms with E-state index in [2.05, 4.69) is 20.2 Å². The largest absolute Gasteiger partial charge is 0.340 e. The fraction of sp³-hybridized carbons (Fsp3) is 0.125. The van der Waals surface area contributed by atoms with Crippen molar-refractivity contribution in [3.05, 3.63) is 46.4 Å². The van der Waals surface area contributed by atoms with E-state index >= 15 is 0 Å². The summed E-state index contributed by atoms with van der Waals surface area (Å²) in [6.45, 7) is 0. The van der Waals surface area contributed by atoms with E-state index in [-0.39, 0.29) is 5.69 Å². The van der Waals surface area contributed by atoms with Gasteiger partial charge in [-0.3, -0.25) is 9.97 Å². The second-order valence-electron chi connectivity index (χ2n) is 2.66. The van der Waals surface area contributed by atoms with Crippen LogP contribution in [0.1, 0.15) is 11.4 Å². The Hall–Kier alpha value is -1.91. The monoisotopic (exact) mass is 176 g/mol. The van der Waals surface area contributed by atoms with Crippen LogP contribution >= 0.6 is 0 Å². The Kier molecular flexibility index (Phi) is 1.91. The van der Waals surface area contributed by atoms with E-state index in [0.717, 1.165) is 5.56 Å². The molecule has 0 aliphatic heterocycles. The van der Waals surface area contributed by atoms with E-state index in [1.54, 1.807) is 12.4 Å². The van der Waals surface area contributed by atoms with Crippen LogP contribution in [0.25, 0.3) is 0 Å². The number of nitrogens with one attached hydrogen (secondary N) is 2. The van der Waals surface area contributed by atoms with Gasteiger partial charge in [-0.05, 0) is 17.7 Å².